The summed E-state index contributed by atoms with van der Waals surface area (Å²) in [6, 6.07) is 17.1. The fourth-order valence-corrected chi connectivity index (χ4v) is 3.06. The van der Waals surface area contributed by atoms with Gasteiger partial charge in [-0.2, -0.15) is 0 Å². The zero-order valence-electron chi connectivity index (χ0n) is 15.0. The van der Waals surface area contributed by atoms with E-state index in [1.54, 1.807) is 31.2 Å². The molecule has 1 amide bonds. The fraction of sp³-hybridized carbons (Fsp3) is 0.0455. The maximum atomic E-state index is 12.9. The lowest BCUT2D eigenvalue weighted by Crippen LogP contribution is -2.20. The standard InChI is InChI=1S/C22H16N2O4/c1-13-18(25)15-9-5-10-16(21(26)24-17-11-6-12-23-22(17)27)20(15)28-19(13)14-7-3-2-4-8-14/h2-12H,1H3,(H,23,27)(H,24,26). The van der Waals surface area contributed by atoms with Crippen LogP contribution in [0, 0.1) is 6.92 Å². The first-order valence-corrected chi connectivity index (χ1v) is 8.67. The molecular weight excluding hydrogens is 356 g/mol. The molecule has 2 heterocycles. The minimum Gasteiger partial charge on any atom is -0.455 e. The van der Waals surface area contributed by atoms with Gasteiger partial charge in [0.05, 0.1) is 10.9 Å². The van der Waals surface area contributed by atoms with Crippen LogP contribution in [0.15, 0.2) is 80.9 Å². The van der Waals surface area contributed by atoms with Gasteiger partial charge in [0, 0.05) is 17.3 Å². The zero-order chi connectivity index (χ0) is 19.7. The molecule has 6 heteroatoms. The first-order valence-electron chi connectivity index (χ1n) is 8.67. The lowest BCUT2D eigenvalue weighted by Gasteiger charge is -2.10. The summed E-state index contributed by atoms with van der Waals surface area (Å²) in [6.07, 6.45) is 1.48. The summed E-state index contributed by atoms with van der Waals surface area (Å²) < 4.78 is 6.03. The number of para-hydroxylation sites is 1. The highest BCUT2D eigenvalue weighted by atomic mass is 16.3. The number of anilines is 1. The highest BCUT2D eigenvalue weighted by Gasteiger charge is 2.19. The number of pyridine rings is 1. The molecule has 2 aromatic heterocycles. The molecule has 2 N–H and O–H groups in total. The minimum atomic E-state index is -0.534. The predicted molar refractivity (Wildman–Crippen MR) is 108 cm³/mol. The Bertz CT molecular complexity index is 1300. The van der Waals surface area contributed by atoms with E-state index in [-0.39, 0.29) is 22.3 Å². The molecule has 0 unspecified atom stereocenters. The van der Waals surface area contributed by atoms with Gasteiger partial charge in [0.15, 0.2) is 11.0 Å². The van der Waals surface area contributed by atoms with Crippen molar-refractivity contribution in [3.8, 4) is 11.3 Å². The third kappa shape index (κ3) is 3.01. The average molecular weight is 372 g/mol. The predicted octanol–water partition coefficient (Wildman–Crippen LogP) is 3.71. The Hall–Kier alpha value is -3.93. The minimum absolute atomic E-state index is 0.113. The molecule has 138 valence electrons. The molecule has 4 rings (SSSR count). The number of H-pyrrole nitrogens is 1. The van der Waals surface area contributed by atoms with Crippen molar-refractivity contribution in [2.45, 2.75) is 6.92 Å². The van der Waals surface area contributed by atoms with E-state index in [0.717, 1.165) is 5.56 Å². The molecule has 0 saturated heterocycles. The van der Waals surface area contributed by atoms with Gasteiger partial charge < -0.3 is 14.7 Å². The molecule has 0 aliphatic rings. The molecule has 0 radical (unpaired) electrons. The normalized spacial score (nSPS) is 10.8. The maximum absolute atomic E-state index is 12.9. The summed E-state index contributed by atoms with van der Waals surface area (Å²) in [5, 5.41) is 2.88. The molecule has 28 heavy (non-hydrogen) atoms. The van der Waals surface area contributed by atoms with Crippen LogP contribution in [0.25, 0.3) is 22.3 Å². The number of carbonyl (C=O) groups is 1. The van der Waals surface area contributed by atoms with Crippen LogP contribution in [0.1, 0.15) is 15.9 Å². The van der Waals surface area contributed by atoms with E-state index in [2.05, 4.69) is 10.3 Å². The summed E-state index contributed by atoms with van der Waals surface area (Å²) in [5.41, 5.74) is 1.06. The monoisotopic (exact) mass is 372 g/mol. The average Bonchev–Trinajstić information content (AvgIpc) is 2.72. The van der Waals surface area contributed by atoms with Crippen LogP contribution in [-0.2, 0) is 0 Å². The van der Waals surface area contributed by atoms with E-state index in [4.69, 9.17) is 4.42 Å². The highest BCUT2D eigenvalue weighted by molar-refractivity contribution is 6.11. The second-order valence-electron chi connectivity index (χ2n) is 6.30. The Labute approximate surface area is 159 Å². The largest absolute Gasteiger partial charge is 0.455 e. The Morgan fingerprint density at radius 3 is 2.50 bits per heavy atom. The van der Waals surface area contributed by atoms with Crippen LogP contribution < -0.4 is 16.3 Å². The topological polar surface area (TPSA) is 92.2 Å². The summed E-state index contributed by atoms with van der Waals surface area (Å²) in [4.78, 5) is 40.0. The summed E-state index contributed by atoms with van der Waals surface area (Å²) >= 11 is 0. The number of aromatic amines is 1. The SMILES string of the molecule is Cc1c(-c2ccccc2)oc2c(C(=O)Nc3ccc[nH]c3=O)cccc2c1=O. The molecule has 2 aromatic carbocycles. The number of amides is 1. The van der Waals surface area contributed by atoms with Crippen molar-refractivity contribution in [2.75, 3.05) is 5.32 Å². The first kappa shape index (κ1) is 17.5. The van der Waals surface area contributed by atoms with Crippen molar-refractivity contribution < 1.29 is 9.21 Å². The maximum Gasteiger partial charge on any atom is 0.271 e. The number of fused-ring (bicyclic) bond motifs is 1. The fourth-order valence-electron chi connectivity index (χ4n) is 3.06. The third-order valence-electron chi connectivity index (χ3n) is 4.49. The van der Waals surface area contributed by atoms with E-state index < -0.39 is 11.5 Å². The third-order valence-corrected chi connectivity index (χ3v) is 4.49. The Morgan fingerprint density at radius 2 is 1.75 bits per heavy atom. The van der Waals surface area contributed by atoms with E-state index in [0.29, 0.717) is 16.7 Å². The van der Waals surface area contributed by atoms with Gasteiger partial charge in [0.1, 0.15) is 11.4 Å². The first-order chi connectivity index (χ1) is 13.6. The van der Waals surface area contributed by atoms with Gasteiger partial charge in [-0.25, -0.2) is 0 Å². The van der Waals surface area contributed by atoms with E-state index >= 15 is 0 Å². The summed E-state index contributed by atoms with van der Waals surface area (Å²) in [6.45, 7) is 1.70. The lowest BCUT2D eigenvalue weighted by molar-refractivity contribution is 0.102. The number of aromatic nitrogens is 1. The number of hydrogen-bond acceptors (Lipinski definition) is 4. The smallest absolute Gasteiger partial charge is 0.271 e. The Morgan fingerprint density at radius 1 is 0.964 bits per heavy atom. The summed E-state index contributed by atoms with van der Waals surface area (Å²) in [7, 11) is 0. The second-order valence-corrected chi connectivity index (χ2v) is 6.30. The Kier molecular flexibility index (Phi) is 4.37. The number of benzene rings is 2. The van der Waals surface area contributed by atoms with Gasteiger partial charge in [-0.3, -0.25) is 14.4 Å². The van der Waals surface area contributed by atoms with Crippen LogP contribution >= 0.6 is 0 Å². The van der Waals surface area contributed by atoms with Gasteiger partial charge in [0.25, 0.3) is 11.5 Å². The van der Waals surface area contributed by atoms with E-state index in [9.17, 15) is 14.4 Å². The quantitative estimate of drug-likeness (QED) is 0.573. The van der Waals surface area contributed by atoms with Crippen LogP contribution in [0.2, 0.25) is 0 Å². The molecule has 6 nitrogen and oxygen atoms in total. The van der Waals surface area contributed by atoms with Crippen LogP contribution in [0.3, 0.4) is 0 Å². The van der Waals surface area contributed by atoms with Crippen LogP contribution in [-0.4, -0.2) is 10.9 Å². The number of hydrogen-bond donors (Lipinski definition) is 2. The number of carbonyl (C=O) groups excluding carboxylic acids is 1. The Balaban J connectivity index is 1.89. The van der Waals surface area contributed by atoms with Crippen molar-refractivity contribution in [1.29, 1.82) is 0 Å². The molecule has 4 aromatic rings. The van der Waals surface area contributed by atoms with Gasteiger partial charge in [-0.05, 0) is 31.2 Å². The molecule has 0 aliphatic carbocycles. The van der Waals surface area contributed by atoms with E-state index in [1.807, 2.05) is 30.3 Å². The zero-order valence-corrected chi connectivity index (χ0v) is 15.0. The molecule has 0 fully saturated rings. The number of rotatable bonds is 3. The van der Waals surface area contributed by atoms with Gasteiger partial charge in [-0.1, -0.05) is 36.4 Å². The molecule has 0 atom stereocenters. The highest BCUT2D eigenvalue weighted by Crippen LogP contribution is 2.27. The molecule has 0 saturated carbocycles. The van der Waals surface area contributed by atoms with Crippen molar-refractivity contribution in [3.63, 3.8) is 0 Å². The lowest BCUT2D eigenvalue weighted by atomic mass is 10.0. The summed E-state index contributed by atoms with van der Waals surface area (Å²) in [5.74, 6) is -0.121. The van der Waals surface area contributed by atoms with Crippen LogP contribution in [0.5, 0.6) is 0 Å². The van der Waals surface area contributed by atoms with Crippen molar-refractivity contribution in [1.82, 2.24) is 4.98 Å². The van der Waals surface area contributed by atoms with Crippen LogP contribution in [0.4, 0.5) is 5.69 Å². The van der Waals surface area contributed by atoms with Gasteiger partial charge in [0.2, 0.25) is 0 Å². The van der Waals surface area contributed by atoms with Gasteiger partial charge in [-0.15, -0.1) is 0 Å². The molecule has 0 spiro atoms. The van der Waals surface area contributed by atoms with Crippen molar-refractivity contribution in [2.24, 2.45) is 0 Å². The van der Waals surface area contributed by atoms with Crippen molar-refractivity contribution >= 4 is 22.6 Å². The van der Waals surface area contributed by atoms with Crippen molar-refractivity contribution in [3.05, 3.63) is 98.6 Å². The van der Waals surface area contributed by atoms with E-state index in [1.165, 1.54) is 12.3 Å². The van der Waals surface area contributed by atoms with Gasteiger partial charge >= 0.3 is 0 Å². The molecule has 0 bridgehead atoms. The molecular formula is C22H16N2O4. The number of nitrogens with one attached hydrogen (secondary N) is 2. The molecule has 0 aliphatic heterocycles. The second kappa shape index (κ2) is 7.00.